The molecule has 0 aliphatic heterocycles. The van der Waals surface area contributed by atoms with Gasteiger partial charge >= 0.3 is 0 Å². The minimum Gasteiger partial charge on any atom is -0.419 e. The maximum absolute atomic E-state index is 13.1. The van der Waals surface area contributed by atoms with Crippen LogP contribution in [0.15, 0.2) is 71.1 Å². The molecule has 1 aromatic heterocycles. The van der Waals surface area contributed by atoms with Crippen LogP contribution in [0.1, 0.15) is 25.3 Å². The van der Waals surface area contributed by atoms with Crippen LogP contribution in [0.25, 0.3) is 22.2 Å². The average Bonchev–Trinajstić information content (AvgIpc) is 3.21. The van der Waals surface area contributed by atoms with Crippen molar-refractivity contribution in [3.8, 4) is 11.5 Å². The van der Waals surface area contributed by atoms with Crippen molar-refractivity contribution in [1.82, 2.24) is 15.1 Å². The molecule has 1 heterocycles. The molecule has 0 saturated carbocycles. The molecule has 4 aromatic rings. The number of carbonyl (C=O) groups is 1. The first-order valence-electron chi connectivity index (χ1n) is 9.86. The summed E-state index contributed by atoms with van der Waals surface area (Å²) >= 11 is 6.22. The topological polar surface area (TPSA) is 59.2 Å². The molecule has 0 atom stereocenters. The van der Waals surface area contributed by atoms with Gasteiger partial charge in [0.1, 0.15) is 0 Å². The van der Waals surface area contributed by atoms with E-state index in [1.165, 1.54) is 0 Å². The van der Waals surface area contributed by atoms with Crippen LogP contribution in [-0.4, -0.2) is 27.0 Å². The number of carbonyl (C=O) groups excluding carboxylic acids is 1. The number of rotatable bonds is 6. The van der Waals surface area contributed by atoms with Crippen LogP contribution in [0.5, 0.6) is 0 Å². The maximum atomic E-state index is 13.1. The first-order chi connectivity index (χ1) is 14.5. The van der Waals surface area contributed by atoms with E-state index < -0.39 is 0 Å². The van der Waals surface area contributed by atoms with Gasteiger partial charge in [0, 0.05) is 6.04 Å². The van der Waals surface area contributed by atoms with E-state index >= 15 is 0 Å². The molecule has 30 heavy (non-hydrogen) atoms. The van der Waals surface area contributed by atoms with Crippen molar-refractivity contribution in [2.24, 2.45) is 0 Å². The predicted molar refractivity (Wildman–Crippen MR) is 118 cm³/mol. The van der Waals surface area contributed by atoms with Crippen molar-refractivity contribution >= 4 is 28.3 Å². The summed E-state index contributed by atoms with van der Waals surface area (Å²) in [6.45, 7) is 4.21. The fraction of sp³-hybridized carbons (Fsp3) is 0.208. The summed E-state index contributed by atoms with van der Waals surface area (Å²) in [5.41, 5.74) is 1.68. The zero-order valence-electron chi connectivity index (χ0n) is 16.9. The van der Waals surface area contributed by atoms with Gasteiger partial charge in [0.25, 0.3) is 0 Å². The van der Waals surface area contributed by atoms with E-state index in [-0.39, 0.29) is 18.5 Å². The molecule has 5 nitrogen and oxygen atoms in total. The summed E-state index contributed by atoms with van der Waals surface area (Å²) < 4.78 is 5.80. The Labute approximate surface area is 180 Å². The van der Waals surface area contributed by atoms with Crippen LogP contribution in [0.3, 0.4) is 0 Å². The monoisotopic (exact) mass is 419 g/mol. The normalized spacial score (nSPS) is 11.2. The number of aromatic nitrogens is 2. The molecule has 0 N–H and O–H groups in total. The van der Waals surface area contributed by atoms with Crippen LogP contribution in [0.2, 0.25) is 5.02 Å². The van der Waals surface area contributed by atoms with E-state index in [1.54, 1.807) is 11.0 Å². The Morgan fingerprint density at radius 2 is 1.73 bits per heavy atom. The highest BCUT2D eigenvalue weighted by molar-refractivity contribution is 6.33. The van der Waals surface area contributed by atoms with Gasteiger partial charge in [-0.1, -0.05) is 66.2 Å². The van der Waals surface area contributed by atoms with Crippen LogP contribution >= 0.6 is 11.6 Å². The number of benzene rings is 3. The summed E-state index contributed by atoms with van der Waals surface area (Å²) in [6.07, 6.45) is 0.311. The van der Waals surface area contributed by atoms with Crippen LogP contribution in [-0.2, 0) is 17.8 Å². The highest BCUT2D eigenvalue weighted by Gasteiger charge is 2.22. The zero-order valence-corrected chi connectivity index (χ0v) is 17.6. The molecule has 3 aromatic carbocycles. The van der Waals surface area contributed by atoms with Gasteiger partial charge in [0.2, 0.25) is 17.7 Å². The van der Waals surface area contributed by atoms with E-state index in [0.717, 1.165) is 16.3 Å². The Bertz CT molecular complexity index is 1180. The lowest BCUT2D eigenvalue weighted by atomic mass is 10.0. The van der Waals surface area contributed by atoms with Crippen molar-refractivity contribution in [2.45, 2.75) is 32.9 Å². The number of fused-ring (bicyclic) bond motifs is 1. The molecule has 0 aliphatic carbocycles. The van der Waals surface area contributed by atoms with Crippen molar-refractivity contribution in [2.75, 3.05) is 0 Å². The summed E-state index contributed by atoms with van der Waals surface area (Å²) in [5.74, 6) is 0.740. The quantitative estimate of drug-likeness (QED) is 0.412. The third kappa shape index (κ3) is 4.21. The second kappa shape index (κ2) is 8.67. The summed E-state index contributed by atoms with van der Waals surface area (Å²) in [4.78, 5) is 14.9. The Balaban J connectivity index is 1.54. The number of amides is 1. The molecule has 0 saturated heterocycles. The smallest absolute Gasteiger partial charge is 0.249 e. The van der Waals surface area contributed by atoms with Crippen LogP contribution < -0.4 is 0 Å². The number of nitrogens with zero attached hydrogens (tertiary/aromatic N) is 3. The molecular formula is C24H22ClN3O2. The number of hydrogen-bond acceptors (Lipinski definition) is 4. The van der Waals surface area contributed by atoms with Gasteiger partial charge in [-0.25, -0.2) is 0 Å². The second-order valence-corrected chi connectivity index (χ2v) is 7.82. The minimum atomic E-state index is -0.0110. The lowest BCUT2D eigenvalue weighted by molar-refractivity contribution is -0.133. The maximum Gasteiger partial charge on any atom is 0.249 e. The molecule has 0 aliphatic rings. The Morgan fingerprint density at radius 1 is 1.00 bits per heavy atom. The average molecular weight is 420 g/mol. The van der Waals surface area contributed by atoms with Crippen molar-refractivity contribution in [3.63, 3.8) is 0 Å². The summed E-state index contributed by atoms with van der Waals surface area (Å²) in [7, 11) is 0. The standard InChI is InChI=1S/C24H22ClN3O2/c1-16(2)28(15-22-26-27-24(30-22)20-12-5-6-13-21(20)25)23(29)14-18-10-7-9-17-8-3-4-11-19(17)18/h3-13,16H,14-15H2,1-2H3. The Morgan fingerprint density at radius 3 is 2.53 bits per heavy atom. The zero-order chi connectivity index (χ0) is 21.1. The lowest BCUT2D eigenvalue weighted by Gasteiger charge is -2.25. The highest BCUT2D eigenvalue weighted by Crippen LogP contribution is 2.27. The van der Waals surface area contributed by atoms with Crippen LogP contribution in [0, 0.1) is 0 Å². The lowest BCUT2D eigenvalue weighted by Crippen LogP contribution is -2.37. The van der Waals surface area contributed by atoms with Crippen molar-refractivity contribution < 1.29 is 9.21 Å². The van der Waals surface area contributed by atoms with E-state index in [0.29, 0.717) is 28.8 Å². The van der Waals surface area contributed by atoms with E-state index in [2.05, 4.69) is 22.3 Å². The summed E-state index contributed by atoms with van der Waals surface area (Å²) in [5, 5.41) is 11.0. The van der Waals surface area contributed by atoms with Crippen molar-refractivity contribution in [1.29, 1.82) is 0 Å². The fourth-order valence-electron chi connectivity index (χ4n) is 3.48. The van der Waals surface area contributed by atoms with Gasteiger partial charge in [0.05, 0.1) is 23.6 Å². The van der Waals surface area contributed by atoms with E-state index in [1.807, 2.05) is 62.4 Å². The molecule has 0 spiro atoms. The van der Waals surface area contributed by atoms with Gasteiger partial charge in [-0.15, -0.1) is 10.2 Å². The first kappa shape index (κ1) is 20.1. The van der Waals surface area contributed by atoms with E-state index in [4.69, 9.17) is 16.0 Å². The molecular weight excluding hydrogens is 398 g/mol. The minimum absolute atomic E-state index is 0.0110. The Kier molecular flexibility index (Phi) is 5.81. The van der Waals surface area contributed by atoms with Crippen LogP contribution in [0.4, 0.5) is 0 Å². The van der Waals surface area contributed by atoms with Gasteiger partial charge in [-0.2, -0.15) is 0 Å². The fourth-order valence-corrected chi connectivity index (χ4v) is 3.69. The van der Waals surface area contributed by atoms with Crippen molar-refractivity contribution in [3.05, 3.63) is 83.2 Å². The molecule has 6 heteroatoms. The number of halogens is 1. The second-order valence-electron chi connectivity index (χ2n) is 7.41. The van der Waals surface area contributed by atoms with Gasteiger partial charge < -0.3 is 9.32 Å². The molecule has 4 rings (SSSR count). The predicted octanol–water partition coefficient (Wildman–Crippen LogP) is 5.52. The molecule has 0 unspecified atom stereocenters. The molecule has 0 bridgehead atoms. The molecule has 0 radical (unpaired) electrons. The largest absolute Gasteiger partial charge is 0.419 e. The Hall–Kier alpha value is -3.18. The highest BCUT2D eigenvalue weighted by atomic mass is 35.5. The third-order valence-corrected chi connectivity index (χ3v) is 5.37. The third-order valence-electron chi connectivity index (χ3n) is 5.04. The summed E-state index contributed by atoms with van der Waals surface area (Å²) in [6, 6.07) is 21.4. The molecule has 1 amide bonds. The van der Waals surface area contributed by atoms with Gasteiger partial charge in [-0.05, 0) is 42.3 Å². The molecule has 152 valence electrons. The van der Waals surface area contributed by atoms with Gasteiger partial charge in [0.15, 0.2) is 0 Å². The molecule has 0 fully saturated rings. The van der Waals surface area contributed by atoms with Gasteiger partial charge in [-0.3, -0.25) is 4.79 Å². The first-order valence-corrected chi connectivity index (χ1v) is 10.2. The van der Waals surface area contributed by atoms with E-state index in [9.17, 15) is 4.79 Å². The number of hydrogen-bond donors (Lipinski definition) is 0. The SMILES string of the molecule is CC(C)N(Cc1nnc(-c2ccccc2Cl)o1)C(=O)Cc1cccc2ccccc12.